The van der Waals surface area contributed by atoms with Gasteiger partial charge in [0.05, 0.1) is 71.6 Å². The third kappa shape index (κ3) is 47.6. The minimum Gasteiger partial charge on any atom is -0.547 e. The van der Waals surface area contributed by atoms with Gasteiger partial charge in [-0.1, -0.05) is 0 Å². The number of aliphatic hydroxyl groups is 6. The molecule has 276 valence electrons. The van der Waals surface area contributed by atoms with Gasteiger partial charge in [-0.15, -0.1) is 0 Å². The molecule has 0 aliphatic carbocycles. The first-order valence-corrected chi connectivity index (χ1v) is 9.93. The van der Waals surface area contributed by atoms with Gasteiger partial charge in [0.15, 0.2) is 0 Å². The molecule has 0 aromatic rings. The maximum absolute atomic E-state index is 9.63. The Kier molecular flexibility index (Phi) is 55.2. The summed E-state index contributed by atoms with van der Waals surface area (Å²) >= 11 is 0. The minimum absolute atomic E-state index is 0. The van der Waals surface area contributed by atoms with Crippen molar-refractivity contribution >= 4 is 141 Å². The number of aliphatic hydroxyl groups excluding tert-OH is 6. The summed E-state index contributed by atoms with van der Waals surface area (Å²) in [6.07, 6.45) is -14.6. The van der Waals surface area contributed by atoms with E-state index in [2.05, 4.69) is 0 Å². The third-order valence-electron chi connectivity index (χ3n) is 2.85. The van der Waals surface area contributed by atoms with E-state index >= 15 is 0 Å². The normalized spacial score (nSPS) is 11.7. The summed E-state index contributed by atoms with van der Waals surface area (Å²) in [4.78, 5) is 111. The Morgan fingerprint density at radius 3 is 0.308 bits per heavy atom. The van der Waals surface area contributed by atoms with Gasteiger partial charge in [-0.05, 0) is 0 Å². The summed E-state index contributed by atoms with van der Waals surface area (Å²) in [6.45, 7) is 0. The quantitative estimate of drug-likeness (QED) is 0.0929. The molecule has 0 radical (unpaired) electrons. The van der Waals surface area contributed by atoms with Crippen LogP contribution in [0.15, 0.2) is 0 Å². The van der Waals surface area contributed by atoms with Crippen LogP contribution in [-0.2, 0) is 57.5 Å². The van der Waals surface area contributed by atoms with E-state index in [0.717, 1.165) is 0 Å². The Bertz CT molecular complexity index is 954. The SMILES string of the molecule is O=C([O-])C(=O)[O-].O=C([O-])C(=O)[O-].O=C([O-])C(=O)[O-].O=C([O-])C(O)C(O)C(=O)[O-].O=C([O-])C(O)C(O)C(=O)[O-].O=C([O-])C(O)C(O)C(=O)[O-].[Al+3].[Al+3].[Al+3].[Al+3]. The van der Waals surface area contributed by atoms with Gasteiger partial charge in [0.1, 0.15) is 36.6 Å². The molecular formula is C18H12Al4O30. The van der Waals surface area contributed by atoms with Gasteiger partial charge in [0, 0.05) is 0 Å². The number of hydrogen-bond donors (Lipinski definition) is 6. The fraction of sp³-hybridized carbons (Fsp3) is 0.333. The van der Waals surface area contributed by atoms with Crippen molar-refractivity contribution in [3.8, 4) is 0 Å². The van der Waals surface area contributed by atoms with E-state index < -0.39 is 108 Å². The van der Waals surface area contributed by atoms with E-state index in [4.69, 9.17) is 90.0 Å². The maximum Gasteiger partial charge on any atom is 3.00 e. The van der Waals surface area contributed by atoms with E-state index in [1.807, 2.05) is 0 Å². The molecule has 6 atom stereocenters. The second-order valence-corrected chi connectivity index (χ2v) is 6.31. The Labute approximate surface area is 326 Å². The largest absolute Gasteiger partial charge is 3.00 e. The third-order valence-corrected chi connectivity index (χ3v) is 2.85. The van der Waals surface area contributed by atoms with Gasteiger partial charge in [0.25, 0.3) is 0 Å². The molecule has 6 N–H and O–H groups in total. The van der Waals surface area contributed by atoms with Crippen LogP contribution in [0.25, 0.3) is 0 Å². The van der Waals surface area contributed by atoms with Crippen molar-refractivity contribution in [2.75, 3.05) is 0 Å². The summed E-state index contributed by atoms with van der Waals surface area (Å²) in [5, 5.41) is 161. The molecule has 0 saturated heterocycles. The van der Waals surface area contributed by atoms with E-state index in [1.165, 1.54) is 0 Å². The summed E-state index contributed by atoms with van der Waals surface area (Å²) < 4.78 is 0. The number of carboxylic acid groups (broad SMARTS) is 12. The zero-order valence-corrected chi connectivity index (χ0v) is 28.9. The standard InChI is InChI=1S/3C4H6O6.3C2H2O4.4Al/c3*5-1(3(7)8)2(6)4(9)10;3*3-1(4)2(5)6;;;;/h3*1-2,5-6H,(H,7,8)(H,9,10);3*(H,3,4)(H,5,6);;;;/q;;;;;;4*+3/p-12. The predicted molar refractivity (Wildman–Crippen MR) is 119 cm³/mol. The summed E-state index contributed by atoms with van der Waals surface area (Å²) in [6, 6.07) is 0. The monoisotopic (exact) mass is 816 g/mol. The molecule has 0 spiro atoms. The molecular weight excluding hydrogens is 804 g/mol. The van der Waals surface area contributed by atoms with E-state index in [1.54, 1.807) is 0 Å². The second-order valence-electron chi connectivity index (χ2n) is 6.31. The molecule has 0 heterocycles. The summed E-state index contributed by atoms with van der Waals surface area (Å²) in [7, 11) is 0. The minimum atomic E-state index is -2.44. The number of rotatable bonds is 9. The van der Waals surface area contributed by atoms with Crippen LogP contribution in [0, 0.1) is 0 Å². The van der Waals surface area contributed by atoms with Crippen molar-refractivity contribution in [3.63, 3.8) is 0 Å². The first-order chi connectivity index (χ1) is 21.3. The molecule has 34 heteroatoms. The van der Waals surface area contributed by atoms with E-state index in [0.29, 0.717) is 0 Å². The molecule has 0 aliphatic heterocycles. The van der Waals surface area contributed by atoms with Crippen LogP contribution >= 0.6 is 0 Å². The van der Waals surface area contributed by atoms with Crippen molar-refractivity contribution in [2.45, 2.75) is 36.6 Å². The molecule has 0 fully saturated rings. The Morgan fingerprint density at radius 1 is 0.231 bits per heavy atom. The average molecular weight is 816 g/mol. The Morgan fingerprint density at radius 2 is 0.288 bits per heavy atom. The van der Waals surface area contributed by atoms with Crippen LogP contribution in [0.5, 0.6) is 0 Å². The first kappa shape index (κ1) is 73.1. The summed E-state index contributed by atoms with van der Waals surface area (Å²) in [5.74, 6) is -25.5. The molecule has 0 aliphatic rings. The molecule has 0 saturated carbocycles. The zero-order valence-electron chi connectivity index (χ0n) is 24.3. The number of carbonyl (C=O) groups is 12. The van der Waals surface area contributed by atoms with Gasteiger partial charge in [0.2, 0.25) is 0 Å². The van der Waals surface area contributed by atoms with Gasteiger partial charge < -0.3 is 149 Å². The summed E-state index contributed by atoms with van der Waals surface area (Å²) in [5.41, 5.74) is 0. The number of hydrogen-bond acceptors (Lipinski definition) is 30. The van der Waals surface area contributed by atoms with Crippen molar-refractivity contribution in [3.05, 3.63) is 0 Å². The van der Waals surface area contributed by atoms with E-state index in [-0.39, 0.29) is 69.4 Å². The van der Waals surface area contributed by atoms with Crippen LogP contribution in [0.3, 0.4) is 0 Å². The topological polar surface area (TPSA) is 603 Å². The fourth-order valence-electron chi connectivity index (χ4n) is 0.773. The molecule has 0 amide bonds. The van der Waals surface area contributed by atoms with Crippen molar-refractivity contribution in [1.82, 2.24) is 0 Å². The van der Waals surface area contributed by atoms with Crippen molar-refractivity contribution in [2.24, 2.45) is 0 Å². The van der Waals surface area contributed by atoms with Crippen LogP contribution < -0.4 is 61.3 Å². The molecule has 52 heavy (non-hydrogen) atoms. The van der Waals surface area contributed by atoms with E-state index in [9.17, 15) is 59.4 Å². The predicted octanol–water partition coefficient (Wildman–Crippen LogP) is -26.4. The van der Waals surface area contributed by atoms with Gasteiger partial charge >= 0.3 is 69.4 Å². The first-order valence-electron chi connectivity index (χ1n) is 9.93. The van der Waals surface area contributed by atoms with Gasteiger partial charge in [-0.2, -0.15) is 0 Å². The van der Waals surface area contributed by atoms with Gasteiger partial charge in [-0.3, -0.25) is 0 Å². The molecule has 0 aromatic heterocycles. The van der Waals surface area contributed by atoms with Crippen LogP contribution in [-0.4, -0.2) is 208 Å². The molecule has 0 rings (SSSR count). The van der Waals surface area contributed by atoms with Crippen LogP contribution in [0.1, 0.15) is 0 Å². The maximum atomic E-state index is 9.63. The fourth-order valence-corrected chi connectivity index (χ4v) is 0.773. The van der Waals surface area contributed by atoms with Crippen LogP contribution in [0.2, 0.25) is 0 Å². The zero-order chi connectivity index (χ0) is 40.4. The Balaban J connectivity index is -0.0000000509. The molecule has 30 nitrogen and oxygen atoms in total. The molecule has 0 aromatic carbocycles. The number of carbonyl (C=O) groups excluding carboxylic acids is 12. The molecule has 6 unspecified atom stereocenters. The average Bonchev–Trinajstić information content (AvgIpc) is 2.95. The number of carboxylic acids is 12. The molecule has 0 bridgehead atoms. The van der Waals surface area contributed by atoms with Gasteiger partial charge in [-0.25, -0.2) is 0 Å². The smallest absolute Gasteiger partial charge is 0.547 e. The Hall–Kier alpha value is -4.47. The number of aliphatic carboxylic acids is 12. The van der Waals surface area contributed by atoms with Crippen molar-refractivity contribution in [1.29, 1.82) is 0 Å². The second kappa shape index (κ2) is 39.3. The van der Waals surface area contributed by atoms with Crippen LogP contribution in [0.4, 0.5) is 0 Å². The van der Waals surface area contributed by atoms with Crippen molar-refractivity contribution < 1.29 is 149 Å².